The van der Waals surface area contributed by atoms with Crippen LogP contribution in [0.2, 0.25) is 0 Å². The second kappa shape index (κ2) is 6.01. The van der Waals surface area contributed by atoms with E-state index in [1.54, 1.807) is 6.20 Å². The number of H-pyrrole nitrogens is 1. The molecule has 1 aliphatic rings. The molecule has 1 unspecified atom stereocenters. The molecule has 3 N–H and O–H groups in total. The molecule has 1 atom stereocenters. The summed E-state index contributed by atoms with van der Waals surface area (Å²) in [4.78, 5) is 14.2. The van der Waals surface area contributed by atoms with E-state index in [9.17, 15) is 0 Å². The zero-order valence-corrected chi connectivity index (χ0v) is 13.1. The number of rotatable bonds is 3. The number of nitrogens with zero attached hydrogens (tertiary/aromatic N) is 3. The fraction of sp³-hybridized carbons (Fsp3) is 0.333. The molecule has 1 saturated heterocycles. The van der Waals surface area contributed by atoms with Gasteiger partial charge in [0.25, 0.3) is 0 Å². The van der Waals surface area contributed by atoms with Crippen LogP contribution in [0, 0.1) is 0 Å². The maximum atomic E-state index is 5.77. The van der Waals surface area contributed by atoms with Gasteiger partial charge in [-0.2, -0.15) is 0 Å². The van der Waals surface area contributed by atoms with Crippen molar-refractivity contribution in [2.75, 3.05) is 12.3 Å². The van der Waals surface area contributed by atoms with Crippen LogP contribution >= 0.6 is 0 Å². The predicted octanol–water partition coefficient (Wildman–Crippen LogP) is 3.27. The van der Waals surface area contributed by atoms with Crippen LogP contribution in [0.1, 0.15) is 36.6 Å². The Morgan fingerprint density at radius 2 is 2.17 bits per heavy atom. The molecule has 0 radical (unpaired) electrons. The van der Waals surface area contributed by atoms with Gasteiger partial charge in [0.15, 0.2) is 0 Å². The number of hydrogen-bond acceptors (Lipinski definition) is 4. The van der Waals surface area contributed by atoms with E-state index in [1.807, 2.05) is 12.3 Å². The standard InChI is InChI=1S/C18H21N5/c19-18-21-9-7-16(22-18)17-3-1-2-10-23(17)12-13-4-5-15-14(11-13)6-8-20-15/h4-9,11,17,20H,1-3,10,12H2,(H2,19,21,22). The fourth-order valence-electron chi connectivity index (χ4n) is 3.52. The summed E-state index contributed by atoms with van der Waals surface area (Å²) < 4.78 is 0. The van der Waals surface area contributed by atoms with Crippen molar-refractivity contribution < 1.29 is 0 Å². The highest BCUT2D eigenvalue weighted by molar-refractivity contribution is 5.79. The van der Waals surface area contributed by atoms with Gasteiger partial charge < -0.3 is 10.7 Å². The van der Waals surface area contributed by atoms with Crippen molar-refractivity contribution in [3.63, 3.8) is 0 Å². The lowest BCUT2D eigenvalue weighted by Gasteiger charge is -2.35. The molecule has 0 spiro atoms. The molecular formula is C18H21N5. The average molecular weight is 307 g/mol. The van der Waals surface area contributed by atoms with Gasteiger partial charge in [-0.05, 0) is 54.6 Å². The average Bonchev–Trinajstić information content (AvgIpc) is 3.03. The first kappa shape index (κ1) is 14.2. The predicted molar refractivity (Wildman–Crippen MR) is 91.7 cm³/mol. The highest BCUT2D eigenvalue weighted by atomic mass is 15.2. The number of nitrogens with two attached hydrogens (primary N) is 1. The van der Waals surface area contributed by atoms with Crippen molar-refractivity contribution in [3.05, 3.63) is 54.0 Å². The first-order valence-electron chi connectivity index (χ1n) is 8.18. The van der Waals surface area contributed by atoms with Crippen LogP contribution < -0.4 is 5.73 Å². The van der Waals surface area contributed by atoms with Crippen LogP contribution in [-0.2, 0) is 6.54 Å². The van der Waals surface area contributed by atoms with Crippen LogP contribution in [0.3, 0.4) is 0 Å². The normalized spacial score (nSPS) is 19.2. The number of likely N-dealkylation sites (tertiary alicyclic amines) is 1. The van der Waals surface area contributed by atoms with Gasteiger partial charge in [-0.25, -0.2) is 9.97 Å². The molecule has 0 amide bonds. The van der Waals surface area contributed by atoms with Gasteiger partial charge in [-0.3, -0.25) is 4.90 Å². The highest BCUT2D eigenvalue weighted by Gasteiger charge is 2.25. The van der Waals surface area contributed by atoms with Crippen molar-refractivity contribution in [2.24, 2.45) is 0 Å². The Hall–Kier alpha value is -2.40. The first-order chi connectivity index (χ1) is 11.3. The number of fused-ring (bicyclic) bond motifs is 1. The molecule has 3 heterocycles. The summed E-state index contributed by atoms with van der Waals surface area (Å²) in [7, 11) is 0. The fourth-order valence-corrected chi connectivity index (χ4v) is 3.52. The number of aromatic nitrogens is 3. The Kier molecular flexibility index (Phi) is 3.71. The number of benzene rings is 1. The van der Waals surface area contributed by atoms with Gasteiger partial charge in [0.1, 0.15) is 0 Å². The molecule has 1 aliphatic heterocycles. The van der Waals surface area contributed by atoms with Crippen molar-refractivity contribution in [2.45, 2.75) is 31.8 Å². The zero-order chi connectivity index (χ0) is 15.6. The minimum atomic E-state index is 0.330. The van der Waals surface area contributed by atoms with Gasteiger partial charge in [0, 0.05) is 24.5 Å². The molecule has 5 nitrogen and oxygen atoms in total. The number of piperidine rings is 1. The number of nitrogens with one attached hydrogen (secondary N) is 1. The van der Waals surface area contributed by atoms with E-state index in [0.717, 1.165) is 25.2 Å². The van der Waals surface area contributed by atoms with Gasteiger partial charge in [0.05, 0.1) is 11.7 Å². The molecule has 0 aliphatic carbocycles. The summed E-state index contributed by atoms with van der Waals surface area (Å²) in [6, 6.07) is 11.1. The van der Waals surface area contributed by atoms with Gasteiger partial charge in [0.2, 0.25) is 5.95 Å². The van der Waals surface area contributed by atoms with Crippen molar-refractivity contribution in [3.8, 4) is 0 Å². The van der Waals surface area contributed by atoms with Crippen molar-refractivity contribution in [1.82, 2.24) is 19.9 Å². The molecule has 1 aromatic carbocycles. The Morgan fingerprint density at radius 3 is 3.09 bits per heavy atom. The molecule has 118 valence electrons. The maximum absolute atomic E-state index is 5.77. The van der Waals surface area contributed by atoms with E-state index < -0.39 is 0 Å². The second-order valence-corrected chi connectivity index (χ2v) is 6.22. The van der Waals surface area contributed by atoms with Crippen molar-refractivity contribution >= 4 is 16.9 Å². The third-order valence-electron chi connectivity index (χ3n) is 4.65. The number of anilines is 1. The summed E-state index contributed by atoms with van der Waals surface area (Å²) in [6.45, 7) is 2.04. The summed E-state index contributed by atoms with van der Waals surface area (Å²) in [5, 5.41) is 1.27. The number of hydrogen-bond donors (Lipinski definition) is 2. The molecule has 2 aromatic heterocycles. The third kappa shape index (κ3) is 2.92. The minimum Gasteiger partial charge on any atom is -0.368 e. The quantitative estimate of drug-likeness (QED) is 0.779. The van der Waals surface area contributed by atoms with Crippen LogP contribution in [0.15, 0.2) is 42.7 Å². The number of nitrogen functional groups attached to an aromatic ring is 1. The monoisotopic (exact) mass is 307 g/mol. The second-order valence-electron chi connectivity index (χ2n) is 6.22. The van der Waals surface area contributed by atoms with Gasteiger partial charge in [-0.1, -0.05) is 12.5 Å². The molecule has 23 heavy (non-hydrogen) atoms. The summed E-state index contributed by atoms with van der Waals surface area (Å²) in [5.41, 5.74) is 9.34. The summed E-state index contributed by atoms with van der Waals surface area (Å²) in [5.74, 6) is 0.363. The molecule has 0 saturated carbocycles. The Labute approximate surface area is 135 Å². The van der Waals surface area contributed by atoms with E-state index in [2.05, 4.69) is 44.1 Å². The molecular weight excluding hydrogens is 286 g/mol. The molecule has 3 aromatic rings. The Bertz CT molecular complexity index is 810. The third-order valence-corrected chi connectivity index (χ3v) is 4.65. The van der Waals surface area contributed by atoms with Gasteiger partial charge in [-0.15, -0.1) is 0 Å². The van der Waals surface area contributed by atoms with Gasteiger partial charge >= 0.3 is 0 Å². The molecule has 0 bridgehead atoms. The summed E-state index contributed by atoms with van der Waals surface area (Å²) in [6.07, 6.45) is 7.35. The lowest BCUT2D eigenvalue weighted by atomic mass is 9.98. The van der Waals surface area contributed by atoms with Crippen LogP contribution in [-0.4, -0.2) is 26.4 Å². The largest absolute Gasteiger partial charge is 0.368 e. The Morgan fingerprint density at radius 1 is 1.22 bits per heavy atom. The lowest BCUT2D eigenvalue weighted by molar-refractivity contribution is 0.137. The van der Waals surface area contributed by atoms with E-state index in [4.69, 9.17) is 5.73 Å². The maximum Gasteiger partial charge on any atom is 0.220 e. The van der Waals surface area contributed by atoms with Crippen LogP contribution in [0.4, 0.5) is 5.95 Å². The highest BCUT2D eigenvalue weighted by Crippen LogP contribution is 2.31. The van der Waals surface area contributed by atoms with Crippen LogP contribution in [0.25, 0.3) is 10.9 Å². The SMILES string of the molecule is Nc1nccc(C2CCCCN2Cc2ccc3[nH]ccc3c2)n1. The number of aromatic amines is 1. The first-order valence-corrected chi connectivity index (χ1v) is 8.18. The van der Waals surface area contributed by atoms with E-state index in [-0.39, 0.29) is 0 Å². The topological polar surface area (TPSA) is 70.8 Å². The van der Waals surface area contributed by atoms with E-state index in [1.165, 1.54) is 29.3 Å². The minimum absolute atomic E-state index is 0.330. The zero-order valence-electron chi connectivity index (χ0n) is 13.1. The molecule has 1 fully saturated rings. The molecule has 4 rings (SSSR count). The lowest BCUT2D eigenvalue weighted by Crippen LogP contribution is -2.33. The Balaban J connectivity index is 1.59. The van der Waals surface area contributed by atoms with E-state index >= 15 is 0 Å². The molecule has 5 heteroatoms. The van der Waals surface area contributed by atoms with E-state index in [0.29, 0.717) is 12.0 Å². The smallest absolute Gasteiger partial charge is 0.220 e. The van der Waals surface area contributed by atoms with Crippen LogP contribution in [0.5, 0.6) is 0 Å². The summed E-state index contributed by atoms with van der Waals surface area (Å²) >= 11 is 0. The van der Waals surface area contributed by atoms with Crippen molar-refractivity contribution in [1.29, 1.82) is 0 Å².